The third-order valence-electron chi connectivity index (χ3n) is 3.74. The molecule has 1 aromatic rings. The maximum absolute atomic E-state index is 12.0. The molecule has 120 valence electrons. The Bertz CT molecular complexity index is 521. The first kappa shape index (κ1) is 16.6. The van der Waals surface area contributed by atoms with Crippen molar-refractivity contribution in [1.82, 2.24) is 15.5 Å². The van der Waals surface area contributed by atoms with Crippen LogP contribution in [0.3, 0.4) is 0 Å². The van der Waals surface area contributed by atoms with E-state index in [9.17, 15) is 9.59 Å². The molecule has 1 saturated heterocycles. The van der Waals surface area contributed by atoms with Crippen molar-refractivity contribution in [2.75, 3.05) is 19.6 Å². The van der Waals surface area contributed by atoms with Gasteiger partial charge in [0.2, 0.25) is 5.91 Å². The second-order valence-electron chi connectivity index (χ2n) is 5.28. The Morgan fingerprint density at radius 2 is 2.00 bits per heavy atom. The zero-order valence-corrected chi connectivity index (χ0v) is 13.1. The van der Waals surface area contributed by atoms with E-state index in [0.717, 1.165) is 24.9 Å². The van der Waals surface area contributed by atoms with E-state index in [1.807, 2.05) is 12.1 Å². The standard InChI is InChI=1S/C15H21ClN4O2/c16-12-5-3-11(4-6-12)9-18-15(22)19-10-14(21)20-7-1-2-13(20)8-17/h3-6,13H,1-2,7-10,17H2,(H2,18,19,22). The molecule has 0 aliphatic carbocycles. The van der Waals surface area contributed by atoms with E-state index in [0.29, 0.717) is 18.1 Å². The molecule has 0 radical (unpaired) electrons. The Balaban J connectivity index is 1.71. The summed E-state index contributed by atoms with van der Waals surface area (Å²) in [6.45, 7) is 1.55. The molecule has 22 heavy (non-hydrogen) atoms. The smallest absolute Gasteiger partial charge is 0.315 e. The second kappa shape index (κ2) is 8.00. The molecule has 4 N–H and O–H groups in total. The highest BCUT2D eigenvalue weighted by atomic mass is 35.5. The zero-order valence-electron chi connectivity index (χ0n) is 12.3. The lowest BCUT2D eigenvalue weighted by Gasteiger charge is -2.23. The monoisotopic (exact) mass is 324 g/mol. The molecule has 1 aliphatic heterocycles. The Kier molecular flexibility index (Phi) is 6.03. The number of urea groups is 1. The first-order valence-corrected chi connectivity index (χ1v) is 7.73. The van der Waals surface area contributed by atoms with E-state index < -0.39 is 0 Å². The van der Waals surface area contributed by atoms with Crippen molar-refractivity contribution in [3.05, 3.63) is 34.9 Å². The highest BCUT2D eigenvalue weighted by Gasteiger charge is 2.27. The summed E-state index contributed by atoms with van der Waals surface area (Å²) in [5, 5.41) is 5.93. The van der Waals surface area contributed by atoms with Crippen molar-refractivity contribution in [3.63, 3.8) is 0 Å². The van der Waals surface area contributed by atoms with Crippen LogP contribution in [0.2, 0.25) is 5.02 Å². The molecule has 1 fully saturated rings. The van der Waals surface area contributed by atoms with Gasteiger partial charge in [0.05, 0.1) is 6.54 Å². The number of hydrogen-bond donors (Lipinski definition) is 3. The molecule has 0 bridgehead atoms. The fourth-order valence-corrected chi connectivity index (χ4v) is 2.64. The van der Waals surface area contributed by atoms with Crippen LogP contribution in [-0.2, 0) is 11.3 Å². The maximum Gasteiger partial charge on any atom is 0.315 e. The quantitative estimate of drug-likeness (QED) is 0.757. The van der Waals surface area contributed by atoms with Crippen LogP contribution in [0.4, 0.5) is 4.79 Å². The maximum atomic E-state index is 12.0. The molecule has 7 heteroatoms. The van der Waals surface area contributed by atoms with Gasteiger partial charge in [-0.2, -0.15) is 0 Å². The Morgan fingerprint density at radius 1 is 1.27 bits per heavy atom. The molecule has 2 rings (SSSR count). The third kappa shape index (κ3) is 4.61. The molecule has 0 saturated carbocycles. The fraction of sp³-hybridized carbons (Fsp3) is 0.467. The predicted octanol–water partition coefficient (Wildman–Crippen LogP) is 1.09. The molecule has 1 unspecified atom stereocenters. The largest absolute Gasteiger partial charge is 0.337 e. The molecule has 1 aromatic carbocycles. The molecule has 1 aliphatic rings. The third-order valence-corrected chi connectivity index (χ3v) is 3.99. The van der Waals surface area contributed by atoms with Crippen molar-refractivity contribution in [3.8, 4) is 0 Å². The van der Waals surface area contributed by atoms with E-state index >= 15 is 0 Å². The molecule has 0 aromatic heterocycles. The molecule has 1 heterocycles. The molecular formula is C15H21ClN4O2. The van der Waals surface area contributed by atoms with E-state index in [-0.39, 0.29) is 24.5 Å². The van der Waals surface area contributed by atoms with Gasteiger partial charge in [0.25, 0.3) is 0 Å². The number of benzene rings is 1. The van der Waals surface area contributed by atoms with Gasteiger partial charge in [0, 0.05) is 30.7 Å². The van der Waals surface area contributed by atoms with E-state index in [1.54, 1.807) is 17.0 Å². The van der Waals surface area contributed by atoms with Crippen LogP contribution in [-0.4, -0.2) is 42.5 Å². The SMILES string of the molecule is NCC1CCCN1C(=O)CNC(=O)NCc1ccc(Cl)cc1. The Labute approximate surface area is 135 Å². The summed E-state index contributed by atoms with van der Waals surface area (Å²) in [6.07, 6.45) is 1.90. The number of hydrogen-bond acceptors (Lipinski definition) is 3. The molecule has 6 nitrogen and oxygen atoms in total. The van der Waals surface area contributed by atoms with E-state index in [2.05, 4.69) is 10.6 Å². The van der Waals surface area contributed by atoms with Crippen LogP contribution in [0.15, 0.2) is 24.3 Å². The van der Waals surface area contributed by atoms with Crippen LogP contribution < -0.4 is 16.4 Å². The van der Waals surface area contributed by atoms with Crippen molar-refractivity contribution >= 4 is 23.5 Å². The van der Waals surface area contributed by atoms with Gasteiger partial charge in [-0.25, -0.2) is 4.79 Å². The first-order chi connectivity index (χ1) is 10.6. The van der Waals surface area contributed by atoms with E-state index in [4.69, 9.17) is 17.3 Å². The summed E-state index contributed by atoms with van der Waals surface area (Å²) in [4.78, 5) is 25.5. The summed E-state index contributed by atoms with van der Waals surface area (Å²) in [7, 11) is 0. The minimum absolute atomic E-state index is 0.0110. The number of nitrogens with two attached hydrogens (primary N) is 1. The van der Waals surface area contributed by atoms with Gasteiger partial charge >= 0.3 is 6.03 Å². The number of nitrogens with one attached hydrogen (secondary N) is 2. The second-order valence-corrected chi connectivity index (χ2v) is 5.72. The summed E-state index contributed by atoms with van der Waals surface area (Å²) in [5.74, 6) is -0.0883. The van der Waals surface area contributed by atoms with Crippen LogP contribution >= 0.6 is 11.6 Å². The van der Waals surface area contributed by atoms with Gasteiger partial charge in [-0.3, -0.25) is 4.79 Å². The molecule has 0 spiro atoms. The first-order valence-electron chi connectivity index (χ1n) is 7.36. The van der Waals surface area contributed by atoms with Gasteiger partial charge in [-0.15, -0.1) is 0 Å². The van der Waals surface area contributed by atoms with Crippen LogP contribution in [0.5, 0.6) is 0 Å². The van der Waals surface area contributed by atoms with Crippen molar-refractivity contribution in [1.29, 1.82) is 0 Å². The highest BCUT2D eigenvalue weighted by molar-refractivity contribution is 6.30. The van der Waals surface area contributed by atoms with Crippen molar-refractivity contribution < 1.29 is 9.59 Å². The summed E-state index contributed by atoms with van der Waals surface area (Å²) in [6, 6.07) is 6.94. The van der Waals surface area contributed by atoms with Gasteiger partial charge in [-0.1, -0.05) is 23.7 Å². The molecular weight excluding hydrogens is 304 g/mol. The minimum atomic E-state index is -0.369. The van der Waals surface area contributed by atoms with Gasteiger partial charge in [-0.05, 0) is 30.5 Å². The predicted molar refractivity (Wildman–Crippen MR) is 85.5 cm³/mol. The summed E-state index contributed by atoms with van der Waals surface area (Å²) in [5.41, 5.74) is 6.58. The van der Waals surface area contributed by atoms with Gasteiger partial charge in [0.1, 0.15) is 0 Å². The number of likely N-dealkylation sites (tertiary alicyclic amines) is 1. The molecule has 3 amide bonds. The average Bonchev–Trinajstić information content (AvgIpc) is 3.00. The number of nitrogens with zero attached hydrogens (tertiary/aromatic N) is 1. The topological polar surface area (TPSA) is 87.5 Å². The van der Waals surface area contributed by atoms with Gasteiger partial charge < -0.3 is 21.3 Å². The number of rotatable bonds is 5. The van der Waals surface area contributed by atoms with Crippen LogP contribution in [0, 0.1) is 0 Å². The number of carbonyl (C=O) groups excluding carboxylic acids is 2. The summed E-state index contributed by atoms with van der Waals surface area (Å²) < 4.78 is 0. The Hall–Kier alpha value is -1.79. The number of carbonyl (C=O) groups is 2. The zero-order chi connectivity index (χ0) is 15.9. The lowest BCUT2D eigenvalue weighted by molar-refractivity contribution is -0.130. The molecule has 1 atom stereocenters. The van der Waals surface area contributed by atoms with E-state index in [1.165, 1.54) is 0 Å². The lowest BCUT2D eigenvalue weighted by Crippen LogP contribution is -2.46. The minimum Gasteiger partial charge on any atom is -0.337 e. The van der Waals surface area contributed by atoms with Crippen LogP contribution in [0.25, 0.3) is 0 Å². The number of halogens is 1. The Morgan fingerprint density at radius 3 is 2.68 bits per heavy atom. The average molecular weight is 325 g/mol. The highest BCUT2D eigenvalue weighted by Crippen LogP contribution is 2.15. The normalized spacial score (nSPS) is 17.4. The fourth-order valence-electron chi connectivity index (χ4n) is 2.51. The van der Waals surface area contributed by atoms with Crippen LogP contribution in [0.1, 0.15) is 18.4 Å². The van der Waals surface area contributed by atoms with Crippen molar-refractivity contribution in [2.24, 2.45) is 5.73 Å². The van der Waals surface area contributed by atoms with Crippen molar-refractivity contribution in [2.45, 2.75) is 25.4 Å². The number of amides is 3. The van der Waals surface area contributed by atoms with Gasteiger partial charge in [0.15, 0.2) is 0 Å². The lowest BCUT2D eigenvalue weighted by atomic mass is 10.2. The summed E-state index contributed by atoms with van der Waals surface area (Å²) >= 11 is 5.79.